The van der Waals surface area contributed by atoms with Crippen molar-refractivity contribution in [1.82, 2.24) is 29.4 Å². The lowest BCUT2D eigenvalue weighted by Crippen LogP contribution is -2.52. The van der Waals surface area contributed by atoms with Crippen LogP contribution in [0.25, 0.3) is 0 Å². The lowest BCUT2D eigenvalue weighted by Gasteiger charge is -2.35. The summed E-state index contributed by atoms with van der Waals surface area (Å²) >= 11 is 0. The Balaban J connectivity index is 1.32. The van der Waals surface area contributed by atoms with Gasteiger partial charge in [-0.1, -0.05) is 17.7 Å². The third-order valence-electron chi connectivity index (χ3n) is 6.59. The van der Waals surface area contributed by atoms with Gasteiger partial charge in [0.15, 0.2) is 12.4 Å². The monoisotopic (exact) mass is 537 g/mol. The molecule has 1 aromatic carbocycles. The Morgan fingerprint density at radius 3 is 2.44 bits per heavy atom. The van der Waals surface area contributed by atoms with Gasteiger partial charge in [0.1, 0.15) is 11.8 Å². The van der Waals surface area contributed by atoms with Crippen LogP contribution in [0.3, 0.4) is 0 Å². The predicted molar refractivity (Wildman–Crippen MR) is 144 cm³/mol. The zero-order valence-corrected chi connectivity index (χ0v) is 23.0. The number of ether oxygens (including phenoxy) is 2. The maximum atomic E-state index is 13.1. The summed E-state index contributed by atoms with van der Waals surface area (Å²) in [5.41, 5.74) is 3.49. The van der Waals surface area contributed by atoms with Gasteiger partial charge in [0.25, 0.3) is 5.91 Å². The number of amides is 3. The average Bonchev–Trinajstić information content (AvgIpc) is 3.54. The first-order chi connectivity index (χ1) is 18.7. The summed E-state index contributed by atoms with van der Waals surface area (Å²) in [6, 6.07) is 6.97. The van der Waals surface area contributed by atoms with Gasteiger partial charge in [-0.15, -0.1) is 0 Å². The van der Waals surface area contributed by atoms with Crippen LogP contribution in [0.1, 0.15) is 47.2 Å². The van der Waals surface area contributed by atoms with Gasteiger partial charge in [-0.2, -0.15) is 10.2 Å². The van der Waals surface area contributed by atoms with Gasteiger partial charge >= 0.3 is 6.09 Å². The van der Waals surface area contributed by atoms with Gasteiger partial charge in [-0.05, 0) is 52.3 Å². The highest BCUT2D eigenvalue weighted by Gasteiger charge is 2.29. The number of carbonyl (C=O) groups is 3. The Morgan fingerprint density at radius 2 is 1.74 bits per heavy atom. The van der Waals surface area contributed by atoms with E-state index in [1.54, 1.807) is 58.4 Å². The number of nitrogens with one attached hydrogen (secondary N) is 1. The van der Waals surface area contributed by atoms with Crippen molar-refractivity contribution in [2.75, 3.05) is 38.1 Å². The normalized spacial score (nSPS) is 14.2. The average molecular weight is 538 g/mol. The van der Waals surface area contributed by atoms with E-state index in [1.165, 1.54) is 0 Å². The van der Waals surface area contributed by atoms with Gasteiger partial charge in [-0.3, -0.25) is 14.3 Å². The van der Waals surface area contributed by atoms with Gasteiger partial charge in [0.05, 0.1) is 18.0 Å². The van der Waals surface area contributed by atoms with Gasteiger partial charge in [0.2, 0.25) is 5.91 Å². The van der Waals surface area contributed by atoms with Crippen LogP contribution in [0, 0.1) is 20.8 Å². The lowest BCUT2D eigenvalue weighted by molar-refractivity contribution is -0.136. The number of carbonyl (C=O) groups excluding carboxylic acids is 3. The predicted octanol–water partition coefficient (Wildman–Crippen LogP) is 3.16. The Morgan fingerprint density at radius 1 is 1.03 bits per heavy atom. The summed E-state index contributed by atoms with van der Waals surface area (Å²) in [5.74, 6) is 0.258. The standard InChI is InChI=1S/C27H35N7O5/c1-6-38-27(37)32-13-11-31(12-14-32)26(36)21(5)34-16-23(20(4)29-34)28-25(35)22-9-10-33(30-22)17-39-24-8-7-18(2)15-19(24)3/h7-10,15-16,21H,6,11-14,17H2,1-5H3,(H,28,35). The molecule has 0 bridgehead atoms. The Bertz CT molecular complexity index is 1340. The fraction of sp³-hybridized carbons (Fsp3) is 0.444. The second-order valence-electron chi connectivity index (χ2n) is 9.53. The van der Waals surface area contributed by atoms with Crippen molar-refractivity contribution >= 4 is 23.6 Å². The van der Waals surface area contributed by atoms with Crippen LogP contribution in [0.15, 0.2) is 36.7 Å². The molecule has 1 saturated heterocycles. The molecule has 0 saturated carbocycles. The number of rotatable bonds is 8. The number of aromatic nitrogens is 4. The van der Waals surface area contributed by atoms with E-state index in [0.717, 1.165) is 16.9 Å². The van der Waals surface area contributed by atoms with Crippen LogP contribution in [-0.2, 0) is 16.3 Å². The second kappa shape index (κ2) is 12.0. The molecule has 1 unspecified atom stereocenters. The van der Waals surface area contributed by atoms with E-state index in [9.17, 15) is 14.4 Å². The van der Waals surface area contributed by atoms with Crippen molar-refractivity contribution < 1.29 is 23.9 Å². The van der Waals surface area contributed by atoms with E-state index >= 15 is 0 Å². The highest BCUT2D eigenvalue weighted by Crippen LogP contribution is 2.21. The Kier molecular flexibility index (Phi) is 8.52. The molecule has 3 aromatic rings. The molecule has 1 aliphatic heterocycles. The molecule has 0 aliphatic carbocycles. The van der Waals surface area contributed by atoms with Crippen LogP contribution in [-0.4, -0.2) is 80.1 Å². The molecule has 1 N–H and O–H groups in total. The molecular weight excluding hydrogens is 502 g/mol. The topological polar surface area (TPSA) is 124 Å². The summed E-state index contributed by atoms with van der Waals surface area (Å²) in [7, 11) is 0. The van der Waals surface area contributed by atoms with Gasteiger partial charge in [0, 0.05) is 38.6 Å². The summed E-state index contributed by atoms with van der Waals surface area (Å²) in [6.07, 6.45) is 2.96. The van der Waals surface area contributed by atoms with E-state index < -0.39 is 11.9 Å². The summed E-state index contributed by atoms with van der Waals surface area (Å²) < 4.78 is 14.0. The largest absolute Gasteiger partial charge is 0.471 e. The molecule has 1 atom stereocenters. The summed E-state index contributed by atoms with van der Waals surface area (Å²) in [4.78, 5) is 41.2. The second-order valence-corrected chi connectivity index (χ2v) is 9.53. The van der Waals surface area contributed by atoms with E-state index in [2.05, 4.69) is 15.5 Å². The van der Waals surface area contributed by atoms with E-state index in [-0.39, 0.29) is 24.4 Å². The Labute approximate surface area is 227 Å². The number of benzene rings is 1. The highest BCUT2D eigenvalue weighted by molar-refractivity contribution is 6.03. The number of hydrogen-bond donors (Lipinski definition) is 1. The zero-order valence-electron chi connectivity index (χ0n) is 23.0. The quantitative estimate of drug-likeness (QED) is 0.468. The van der Waals surface area contributed by atoms with Gasteiger partial charge < -0.3 is 24.6 Å². The van der Waals surface area contributed by atoms with Crippen molar-refractivity contribution in [2.45, 2.75) is 47.4 Å². The maximum absolute atomic E-state index is 13.1. The number of hydrogen-bond acceptors (Lipinski definition) is 7. The molecule has 208 valence electrons. The van der Waals surface area contributed by atoms with Gasteiger partial charge in [-0.25, -0.2) is 9.48 Å². The number of aryl methyl sites for hydroxylation is 3. The van der Waals surface area contributed by atoms with Crippen molar-refractivity contribution in [3.8, 4) is 5.75 Å². The van der Waals surface area contributed by atoms with Crippen molar-refractivity contribution in [3.05, 3.63) is 59.2 Å². The number of piperazine rings is 1. The molecule has 12 nitrogen and oxygen atoms in total. The summed E-state index contributed by atoms with van der Waals surface area (Å²) in [6.45, 7) is 11.4. The maximum Gasteiger partial charge on any atom is 0.409 e. The SMILES string of the molecule is CCOC(=O)N1CCN(C(=O)C(C)n2cc(NC(=O)c3ccn(COc4ccc(C)cc4C)n3)c(C)n2)CC1. The fourth-order valence-corrected chi connectivity index (χ4v) is 4.34. The van der Waals surface area contributed by atoms with Crippen LogP contribution in [0.5, 0.6) is 5.75 Å². The minimum absolute atomic E-state index is 0.110. The highest BCUT2D eigenvalue weighted by atomic mass is 16.6. The van der Waals surface area contributed by atoms with Crippen molar-refractivity contribution in [1.29, 1.82) is 0 Å². The molecule has 0 spiro atoms. The molecule has 0 radical (unpaired) electrons. The third kappa shape index (κ3) is 6.57. The van der Waals surface area contributed by atoms with Crippen LogP contribution < -0.4 is 10.1 Å². The molecule has 1 aliphatic rings. The number of anilines is 1. The summed E-state index contributed by atoms with van der Waals surface area (Å²) in [5, 5.41) is 11.6. The molecule has 1 fully saturated rings. The first-order valence-electron chi connectivity index (χ1n) is 13.0. The molecule has 4 rings (SSSR count). The molecule has 3 heterocycles. The lowest BCUT2D eigenvalue weighted by atomic mass is 10.1. The van der Waals surface area contributed by atoms with Crippen LogP contribution in [0.2, 0.25) is 0 Å². The molecule has 3 amide bonds. The van der Waals surface area contributed by atoms with Crippen LogP contribution in [0.4, 0.5) is 10.5 Å². The first kappa shape index (κ1) is 27.7. The van der Waals surface area contributed by atoms with E-state index in [1.807, 2.05) is 32.0 Å². The molecule has 2 aromatic heterocycles. The molecule has 12 heteroatoms. The fourth-order valence-electron chi connectivity index (χ4n) is 4.34. The molecule has 39 heavy (non-hydrogen) atoms. The minimum Gasteiger partial charge on any atom is -0.471 e. The third-order valence-corrected chi connectivity index (χ3v) is 6.59. The van der Waals surface area contributed by atoms with Crippen molar-refractivity contribution in [2.24, 2.45) is 0 Å². The van der Waals surface area contributed by atoms with Crippen LogP contribution >= 0.6 is 0 Å². The zero-order chi connectivity index (χ0) is 28.1. The number of nitrogens with zero attached hydrogens (tertiary/aromatic N) is 6. The Hall–Kier alpha value is -4.35. The smallest absolute Gasteiger partial charge is 0.409 e. The first-order valence-corrected chi connectivity index (χ1v) is 13.0. The molecular formula is C27H35N7O5. The van der Waals surface area contributed by atoms with Crippen molar-refractivity contribution in [3.63, 3.8) is 0 Å². The minimum atomic E-state index is -0.579. The van der Waals surface area contributed by atoms with E-state index in [0.29, 0.717) is 44.2 Å². The van der Waals surface area contributed by atoms with E-state index in [4.69, 9.17) is 9.47 Å².